The van der Waals surface area contributed by atoms with E-state index < -0.39 is 19.9 Å². The predicted molar refractivity (Wildman–Crippen MR) is 113 cm³/mol. The lowest BCUT2D eigenvalue weighted by Crippen LogP contribution is -2.17. The van der Waals surface area contributed by atoms with E-state index in [9.17, 15) is 16.8 Å². The quantitative estimate of drug-likeness (QED) is 0.481. The Kier molecular flexibility index (Phi) is 4.74. The van der Waals surface area contributed by atoms with Gasteiger partial charge in [-0.25, -0.2) is 8.42 Å². The lowest BCUT2D eigenvalue weighted by Gasteiger charge is -2.10. The molecule has 0 amide bonds. The Morgan fingerprint density at radius 2 is 1.50 bits per heavy atom. The van der Waals surface area contributed by atoms with Crippen molar-refractivity contribution in [3.8, 4) is 0 Å². The molecule has 0 unspecified atom stereocenters. The van der Waals surface area contributed by atoms with Crippen LogP contribution in [0, 0.1) is 20.8 Å². The maximum atomic E-state index is 13.4. The number of hydrogen-bond acceptors (Lipinski definition) is 6. The molecular formula is C21H19N3O4S2. The van der Waals surface area contributed by atoms with Crippen LogP contribution in [-0.2, 0) is 19.9 Å². The molecule has 0 N–H and O–H groups in total. The maximum Gasteiger partial charge on any atom is 0.285 e. The fraction of sp³-hybridized carbons (Fsp3) is 0.143. The van der Waals surface area contributed by atoms with Gasteiger partial charge < -0.3 is 0 Å². The van der Waals surface area contributed by atoms with E-state index in [0.29, 0.717) is 10.9 Å². The molecule has 154 valence electrons. The van der Waals surface area contributed by atoms with Crippen molar-refractivity contribution in [2.24, 2.45) is 0 Å². The normalized spacial score (nSPS) is 12.4. The summed E-state index contributed by atoms with van der Waals surface area (Å²) < 4.78 is 54.0. The molecule has 4 rings (SSSR count). The lowest BCUT2D eigenvalue weighted by atomic mass is 10.2. The first-order valence-corrected chi connectivity index (χ1v) is 12.0. The van der Waals surface area contributed by atoms with E-state index in [-0.39, 0.29) is 26.1 Å². The Bertz CT molecular complexity index is 1480. The number of nitrogens with zero attached hydrogens (tertiary/aromatic N) is 3. The summed E-state index contributed by atoms with van der Waals surface area (Å²) in [5.74, 6) is 0. The summed E-state index contributed by atoms with van der Waals surface area (Å²) in [4.78, 5) is 4.14. The van der Waals surface area contributed by atoms with Gasteiger partial charge in [-0.3, -0.25) is 4.98 Å². The number of pyridine rings is 1. The molecule has 2 heterocycles. The Labute approximate surface area is 175 Å². The van der Waals surface area contributed by atoms with Crippen molar-refractivity contribution in [2.45, 2.75) is 35.5 Å². The van der Waals surface area contributed by atoms with Crippen molar-refractivity contribution in [1.82, 2.24) is 14.2 Å². The fourth-order valence-corrected chi connectivity index (χ4v) is 6.67. The Hall–Kier alpha value is -3.04. The molecule has 0 aliphatic rings. The second kappa shape index (κ2) is 7.03. The lowest BCUT2D eigenvalue weighted by molar-refractivity contribution is 0.578. The smallest absolute Gasteiger partial charge is 0.255 e. The molecular weight excluding hydrogens is 422 g/mol. The Balaban J connectivity index is 1.93. The molecule has 0 saturated heterocycles. The monoisotopic (exact) mass is 441 g/mol. The van der Waals surface area contributed by atoms with Gasteiger partial charge in [-0.05, 0) is 45.0 Å². The standard InChI is InChI=1S/C21H19N3O4S2/c1-14-9-11-18(12-10-14)29(25,26)21-15(2)23-24(16(21)3)30(27,28)19-8-4-6-17-7-5-13-22-20(17)19/h4-13H,1-3H3. The van der Waals surface area contributed by atoms with E-state index in [1.165, 1.54) is 38.2 Å². The van der Waals surface area contributed by atoms with Crippen LogP contribution in [0.4, 0.5) is 0 Å². The minimum absolute atomic E-state index is 0.0287. The zero-order chi connectivity index (χ0) is 21.7. The molecule has 0 saturated carbocycles. The van der Waals surface area contributed by atoms with Gasteiger partial charge in [0, 0.05) is 11.6 Å². The van der Waals surface area contributed by atoms with Crippen LogP contribution in [0.25, 0.3) is 10.9 Å². The minimum atomic E-state index is -4.17. The molecule has 0 spiro atoms. The van der Waals surface area contributed by atoms with E-state index in [1.54, 1.807) is 36.4 Å². The third-order valence-electron chi connectivity index (χ3n) is 4.89. The van der Waals surface area contributed by atoms with Crippen LogP contribution in [0.1, 0.15) is 17.0 Å². The Morgan fingerprint density at radius 1 is 0.833 bits per heavy atom. The molecule has 2 aromatic heterocycles. The Morgan fingerprint density at radius 3 is 2.20 bits per heavy atom. The molecule has 9 heteroatoms. The SMILES string of the molecule is Cc1ccc(S(=O)(=O)c2c(C)nn(S(=O)(=O)c3cccc4cccnc34)c2C)cc1. The summed E-state index contributed by atoms with van der Waals surface area (Å²) in [5, 5.41) is 4.76. The topological polar surface area (TPSA) is 99.0 Å². The average molecular weight is 442 g/mol. The minimum Gasteiger partial charge on any atom is -0.255 e. The number of para-hydroxylation sites is 1. The van der Waals surface area contributed by atoms with Crippen LogP contribution >= 0.6 is 0 Å². The van der Waals surface area contributed by atoms with Gasteiger partial charge in [-0.2, -0.15) is 17.6 Å². The zero-order valence-corrected chi connectivity index (χ0v) is 18.2. The summed E-state index contributed by atoms with van der Waals surface area (Å²) in [7, 11) is -8.11. The van der Waals surface area contributed by atoms with Gasteiger partial charge in [0.1, 0.15) is 9.79 Å². The van der Waals surface area contributed by atoms with Gasteiger partial charge in [0.25, 0.3) is 10.0 Å². The third kappa shape index (κ3) is 3.10. The molecule has 0 bridgehead atoms. The van der Waals surface area contributed by atoms with Crippen LogP contribution in [0.5, 0.6) is 0 Å². The first-order chi connectivity index (χ1) is 14.1. The molecule has 4 aromatic rings. The number of rotatable bonds is 4. The molecule has 2 aromatic carbocycles. The van der Waals surface area contributed by atoms with E-state index >= 15 is 0 Å². The van der Waals surface area contributed by atoms with E-state index in [0.717, 1.165) is 9.65 Å². The van der Waals surface area contributed by atoms with E-state index in [4.69, 9.17) is 0 Å². The average Bonchev–Trinajstić information content (AvgIpc) is 3.03. The van der Waals surface area contributed by atoms with Gasteiger partial charge in [0.05, 0.1) is 21.8 Å². The van der Waals surface area contributed by atoms with Crippen LogP contribution in [0.2, 0.25) is 0 Å². The van der Waals surface area contributed by atoms with Crippen molar-refractivity contribution in [1.29, 1.82) is 0 Å². The highest BCUT2D eigenvalue weighted by atomic mass is 32.2. The highest BCUT2D eigenvalue weighted by molar-refractivity contribution is 7.92. The van der Waals surface area contributed by atoms with Crippen molar-refractivity contribution in [3.63, 3.8) is 0 Å². The summed E-state index contributed by atoms with van der Waals surface area (Å²) >= 11 is 0. The van der Waals surface area contributed by atoms with Crippen molar-refractivity contribution in [2.75, 3.05) is 0 Å². The number of fused-ring (bicyclic) bond motifs is 1. The van der Waals surface area contributed by atoms with Gasteiger partial charge >= 0.3 is 0 Å². The molecule has 0 radical (unpaired) electrons. The second-order valence-corrected chi connectivity index (χ2v) is 10.6. The molecule has 7 nitrogen and oxygen atoms in total. The molecule has 30 heavy (non-hydrogen) atoms. The number of sulfone groups is 1. The molecule has 0 aliphatic heterocycles. The highest BCUT2D eigenvalue weighted by Gasteiger charge is 2.32. The van der Waals surface area contributed by atoms with E-state index in [2.05, 4.69) is 10.1 Å². The van der Waals surface area contributed by atoms with Gasteiger partial charge in [-0.15, -0.1) is 0 Å². The van der Waals surface area contributed by atoms with Gasteiger partial charge in [-0.1, -0.05) is 35.9 Å². The third-order valence-corrected chi connectivity index (χ3v) is 8.60. The first kappa shape index (κ1) is 20.2. The van der Waals surface area contributed by atoms with Crippen molar-refractivity contribution >= 4 is 30.8 Å². The van der Waals surface area contributed by atoms with Crippen LogP contribution in [-0.4, -0.2) is 31.0 Å². The van der Waals surface area contributed by atoms with Crippen molar-refractivity contribution < 1.29 is 16.8 Å². The first-order valence-electron chi connectivity index (χ1n) is 9.11. The molecule has 0 aliphatic carbocycles. The van der Waals surface area contributed by atoms with Crippen LogP contribution < -0.4 is 0 Å². The van der Waals surface area contributed by atoms with E-state index in [1.807, 2.05) is 6.92 Å². The summed E-state index contributed by atoms with van der Waals surface area (Å²) in [6.07, 6.45) is 1.51. The van der Waals surface area contributed by atoms with Crippen LogP contribution in [0.3, 0.4) is 0 Å². The number of benzene rings is 2. The fourth-order valence-electron chi connectivity index (χ4n) is 3.44. The van der Waals surface area contributed by atoms with Crippen LogP contribution in [0.15, 0.2) is 75.5 Å². The number of hydrogen-bond donors (Lipinski definition) is 0. The summed E-state index contributed by atoms with van der Waals surface area (Å²) in [5.41, 5.74) is 1.37. The second-order valence-electron chi connectivity index (χ2n) is 7.00. The number of aryl methyl sites for hydroxylation is 2. The predicted octanol–water partition coefficient (Wildman–Crippen LogP) is 3.43. The molecule has 0 atom stereocenters. The maximum absolute atomic E-state index is 13.4. The van der Waals surface area contributed by atoms with Gasteiger partial charge in [0.2, 0.25) is 9.84 Å². The zero-order valence-electron chi connectivity index (χ0n) is 16.6. The highest BCUT2D eigenvalue weighted by Crippen LogP contribution is 2.30. The molecule has 0 fully saturated rings. The number of aromatic nitrogens is 3. The summed E-state index contributed by atoms with van der Waals surface area (Å²) in [6, 6.07) is 14.7. The van der Waals surface area contributed by atoms with Gasteiger partial charge in [0.15, 0.2) is 0 Å². The van der Waals surface area contributed by atoms with Crippen molar-refractivity contribution in [3.05, 3.63) is 77.7 Å². The summed E-state index contributed by atoms with van der Waals surface area (Å²) in [6.45, 7) is 4.79. The largest absolute Gasteiger partial charge is 0.285 e.